The molecule has 0 aliphatic heterocycles. The summed E-state index contributed by atoms with van der Waals surface area (Å²) in [5, 5.41) is 12.2. The molecule has 1 aliphatic carbocycles. The van der Waals surface area contributed by atoms with Gasteiger partial charge in [-0.25, -0.2) is 0 Å². The maximum atomic E-state index is 12.2. The summed E-state index contributed by atoms with van der Waals surface area (Å²) in [6.45, 7) is 2.25. The van der Waals surface area contributed by atoms with E-state index in [0.29, 0.717) is 24.7 Å². The Kier molecular flexibility index (Phi) is 4.74. The van der Waals surface area contributed by atoms with Crippen LogP contribution in [0.2, 0.25) is 0 Å². The Morgan fingerprint density at radius 3 is 2.50 bits per heavy atom. The fourth-order valence-corrected chi connectivity index (χ4v) is 1.99. The highest BCUT2D eigenvalue weighted by molar-refractivity contribution is 5.97. The van der Waals surface area contributed by atoms with Crippen LogP contribution in [0.15, 0.2) is 24.3 Å². The molecule has 20 heavy (non-hydrogen) atoms. The Morgan fingerprint density at radius 1 is 1.30 bits per heavy atom. The summed E-state index contributed by atoms with van der Waals surface area (Å²) < 4.78 is 0. The van der Waals surface area contributed by atoms with Crippen molar-refractivity contribution < 1.29 is 14.7 Å². The summed E-state index contributed by atoms with van der Waals surface area (Å²) in [6.07, 6.45) is 2.66. The Morgan fingerprint density at radius 2 is 1.95 bits per heavy atom. The summed E-state index contributed by atoms with van der Waals surface area (Å²) in [5.41, 5.74) is 1.71. The molecule has 0 radical (unpaired) electrons. The highest BCUT2D eigenvalue weighted by atomic mass is 16.4. The monoisotopic (exact) mass is 276 g/mol. The van der Waals surface area contributed by atoms with Crippen LogP contribution in [0.4, 0.5) is 5.69 Å². The van der Waals surface area contributed by atoms with Gasteiger partial charge in [-0.1, -0.05) is 17.7 Å². The number of benzene rings is 1. The summed E-state index contributed by atoms with van der Waals surface area (Å²) >= 11 is 0. The van der Waals surface area contributed by atoms with E-state index in [1.54, 1.807) is 12.1 Å². The number of carbonyl (C=O) groups is 2. The molecule has 0 unspecified atom stereocenters. The SMILES string of the molecule is Cc1ccc(N(CC(=O)O)C(=O)CCNC2CC2)cc1. The van der Waals surface area contributed by atoms with Crippen molar-refractivity contribution in [1.82, 2.24) is 5.32 Å². The molecule has 1 aliphatic rings. The van der Waals surface area contributed by atoms with Crippen molar-refractivity contribution in [2.75, 3.05) is 18.0 Å². The Hall–Kier alpha value is -1.88. The molecular formula is C15H20N2O3. The molecule has 1 aromatic carbocycles. The predicted molar refractivity (Wildman–Crippen MR) is 76.8 cm³/mol. The number of amides is 1. The minimum Gasteiger partial charge on any atom is -0.480 e. The first kappa shape index (κ1) is 14.5. The van der Waals surface area contributed by atoms with E-state index in [9.17, 15) is 9.59 Å². The van der Waals surface area contributed by atoms with E-state index in [4.69, 9.17) is 5.11 Å². The van der Waals surface area contributed by atoms with Gasteiger partial charge in [0.25, 0.3) is 0 Å². The third kappa shape index (κ3) is 4.35. The van der Waals surface area contributed by atoms with Gasteiger partial charge in [-0.15, -0.1) is 0 Å². The standard InChI is InChI=1S/C15H20N2O3/c1-11-2-6-13(7-3-11)17(10-15(19)20)14(18)8-9-16-12-4-5-12/h2-3,6-7,12,16H,4-5,8-10H2,1H3,(H,19,20). The van der Waals surface area contributed by atoms with Crippen LogP contribution in [-0.4, -0.2) is 36.1 Å². The minimum absolute atomic E-state index is 0.163. The second-order valence-corrected chi connectivity index (χ2v) is 5.19. The van der Waals surface area contributed by atoms with Crippen molar-refractivity contribution in [2.24, 2.45) is 0 Å². The van der Waals surface area contributed by atoms with Crippen molar-refractivity contribution in [3.05, 3.63) is 29.8 Å². The first-order chi connectivity index (χ1) is 9.56. The van der Waals surface area contributed by atoms with Gasteiger partial charge < -0.3 is 15.3 Å². The molecular weight excluding hydrogens is 256 g/mol. The first-order valence-corrected chi connectivity index (χ1v) is 6.88. The molecule has 0 heterocycles. The quantitative estimate of drug-likeness (QED) is 0.793. The van der Waals surface area contributed by atoms with Crippen molar-refractivity contribution >= 4 is 17.6 Å². The molecule has 1 aromatic rings. The molecule has 5 heteroatoms. The highest BCUT2D eigenvalue weighted by Crippen LogP contribution is 2.19. The molecule has 0 spiro atoms. The first-order valence-electron chi connectivity index (χ1n) is 6.88. The molecule has 1 amide bonds. The molecule has 108 valence electrons. The summed E-state index contributed by atoms with van der Waals surface area (Å²) in [6, 6.07) is 7.87. The molecule has 0 bridgehead atoms. The Labute approximate surface area is 118 Å². The van der Waals surface area contributed by atoms with Crippen molar-refractivity contribution in [3.63, 3.8) is 0 Å². The lowest BCUT2D eigenvalue weighted by molar-refractivity contribution is -0.136. The number of aliphatic carboxylic acids is 1. The van der Waals surface area contributed by atoms with Crippen molar-refractivity contribution in [3.8, 4) is 0 Å². The Balaban J connectivity index is 1.99. The zero-order valence-corrected chi connectivity index (χ0v) is 11.6. The topological polar surface area (TPSA) is 69.6 Å². The number of carboxylic acids is 1. The van der Waals surface area contributed by atoms with Gasteiger partial charge in [0.05, 0.1) is 0 Å². The molecule has 2 rings (SSSR count). The van der Waals surface area contributed by atoms with Gasteiger partial charge in [-0.3, -0.25) is 9.59 Å². The zero-order valence-electron chi connectivity index (χ0n) is 11.6. The number of aryl methyl sites for hydroxylation is 1. The lowest BCUT2D eigenvalue weighted by Gasteiger charge is -2.21. The van der Waals surface area contributed by atoms with Crippen molar-refractivity contribution in [2.45, 2.75) is 32.2 Å². The second-order valence-electron chi connectivity index (χ2n) is 5.19. The Bertz CT molecular complexity index is 480. The van der Waals surface area contributed by atoms with Gasteiger partial charge in [0, 0.05) is 24.7 Å². The van der Waals surface area contributed by atoms with Crippen LogP contribution in [-0.2, 0) is 9.59 Å². The van der Waals surface area contributed by atoms with Gasteiger partial charge in [0.1, 0.15) is 6.54 Å². The van der Waals surface area contributed by atoms with Gasteiger partial charge in [-0.05, 0) is 31.9 Å². The van der Waals surface area contributed by atoms with Crippen LogP contribution in [0.5, 0.6) is 0 Å². The van der Waals surface area contributed by atoms with Crippen LogP contribution < -0.4 is 10.2 Å². The van der Waals surface area contributed by atoms with Crippen LogP contribution in [0.25, 0.3) is 0 Å². The maximum absolute atomic E-state index is 12.2. The summed E-state index contributed by atoms with van der Waals surface area (Å²) in [4.78, 5) is 24.5. The summed E-state index contributed by atoms with van der Waals surface area (Å²) in [5.74, 6) is -1.17. The van der Waals surface area contributed by atoms with E-state index in [2.05, 4.69) is 5.32 Å². The largest absolute Gasteiger partial charge is 0.480 e. The van der Waals surface area contributed by atoms with Crippen LogP contribution in [0.1, 0.15) is 24.8 Å². The number of anilines is 1. The number of carbonyl (C=O) groups excluding carboxylic acids is 1. The van der Waals surface area contributed by atoms with Crippen LogP contribution in [0, 0.1) is 6.92 Å². The van der Waals surface area contributed by atoms with Crippen LogP contribution in [0.3, 0.4) is 0 Å². The zero-order chi connectivity index (χ0) is 14.5. The number of nitrogens with one attached hydrogen (secondary N) is 1. The van der Waals surface area contributed by atoms with E-state index >= 15 is 0 Å². The van der Waals surface area contributed by atoms with E-state index in [1.807, 2.05) is 19.1 Å². The normalized spacial score (nSPS) is 14.1. The predicted octanol–water partition coefficient (Wildman–Crippen LogP) is 1.55. The molecule has 2 N–H and O–H groups in total. The highest BCUT2D eigenvalue weighted by Gasteiger charge is 2.22. The third-order valence-corrected chi connectivity index (χ3v) is 3.29. The van der Waals surface area contributed by atoms with Gasteiger partial charge in [-0.2, -0.15) is 0 Å². The lowest BCUT2D eigenvalue weighted by atomic mass is 10.2. The van der Waals surface area contributed by atoms with Gasteiger partial charge >= 0.3 is 5.97 Å². The van der Waals surface area contributed by atoms with Gasteiger partial charge in [0.15, 0.2) is 0 Å². The van der Waals surface area contributed by atoms with E-state index in [0.717, 1.165) is 5.56 Å². The average molecular weight is 276 g/mol. The smallest absolute Gasteiger partial charge is 0.323 e. The van der Waals surface area contributed by atoms with Crippen molar-refractivity contribution in [1.29, 1.82) is 0 Å². The fourth-order valence-electron chi connectivity index (χ4n) is 1.99. The molecule has 0 aromatic heterocycles. The molecule has 0 atom stereocenters. The number of hydrogen-bond donors (Lipinski definition) is 2. The van der Waals surface area contributed by atoms with E-state index in [-0.39, 0.29) is 12.5 Å². The van der Waals surface area contributed by atoms with E-state index < -0.39 is 5.97 Å². The number of rotatable bonds is 7. The lowest BCUT2D eigenvalue weighted by Crippen LogP contribution is -2.37. The average Bonchev–Trinajstić information content (AvgIpc) is 3.21. The molecule has 5 nitrogen and oxygen atoms in total. The number of carboxylic acid groups (broad SMARTS) is 1. The maximum Gasteiger partial charge on any atom is 0.323 e. The van der Waals surface area contributed by atoms with Gasteiger partial charge in [0.2, 0.25) is 5.91 Å². The number of nitrogens with zero attached hydrogens (tertiary/aromatic N) is 1. The number of hydrogen-bond acceptors (Lipinski definition) is 3. The molecule has 1 fully saturated rings. The third-order valence-electron chi connectivity index (χ3n) is 3.29. The molecule has 0 saturated heterocycles. The minimum atomic E-state index is -1.01. The van der Waals surface area contributed by atoms with Crippen LogP contribution >= 0.6 is 0 Å². The van der Waals surface area contributed by atoms with E-state index in [1.165, 1.54) is 17.7 Å². The second kappa shape index (κ2) is 6.52. The summed E-state index contributed by atoms with van der Waals surface area (Å²) in [7, 11) is 0. The fraction of sp³-hybridized carbons (Fsp3) is 0.467. The molecule has 1 saturated carbocycles.